The molecule has 1 rings (SSSR count). The number of carbonyl (C=O) groups is 1. The highest BCUT2D eigenvalue weighted by Gasteiger charge is 2.15. The van der Waals surface area contributed by atoms with Crippen LogP contribution in [0.25, 0.3) is 0 Å². The molecule has 0 saturated carbocycles. The van der Waals surface area contributed by atoms with Crippen LogP contribution in [0.1, 0.15) is 37.4 Å². The van der Waals surface area contributed by atoms with Gasteiger partial charge in [0.2, 0.25) is 0 Å². The van der Waals surface area contributed by atoms with Gasteiger partial charge in [0.25, 0.3) is 0 Å². The number of allylic oxidation sites excluding steroid dienone is 1. The molecule has 1 aromatic rings. The predicted molar refractivity (Wildman–Crippen MR) is 83.4 cm³/mol. The first-order valence-electron chi connectivity index (χ1n) is 6.46. The van der Waals surface area contributed by atoms with Crippen LogP contribution in [-0.2, 0) is 6.54 Å². The lowest BCUT2D eigenvalue weighted by Crippen LogP contribution is -2.34. The molecule has 1 aromatic heterocycles. The first-order valence-corrected chi connectivity index (χ1v) is 7.34. The second-order valence-corrected chi connectivity index (χ2v) is 5.58. The van der Waals surface area contributed by atoms with Crippen molar-refractivity contribution in [2.24, 2.45) is 0 Å². The standard InChI is InChI=1S/C15H21N3OS/c1-6-8-18(9-7-2)15(19)17(5)10-13-11-20-14(16-13)12(3)4/h7-9,11-12H,1,10H2,2-5H3/b9-7-. The summed E-state index contributed by atoms with van der Waals surface area (Å²) >= 11 is 1.63. The topological polar surface area (TPSA) is 36.4 Å². The maximum absolute atomic E-state index is 12.2. The first-order chi connectivity index (χ1) is 9.49. The number of nitrogens with zero attached hydrogens (tertiary/aromatic N) is 3. The molecule has 0 aliphatic heterocycles. The van der Waals surface area contributed by atoms with E-state index in [0.717, 1.165) is 10.7 Å². The number of carbonyl (C=O) groups excluding carboxylic acids is 1. The Morgan fingerprint density at radius 2 is 2.30 bits per heavy atom. The third-order valence-electron chi connectivity index (χ3n) is 2.55. The van der Waals surface area contributed by atoms with Gasteiger partial charge < -0.3 is 4.90 Å². The van der Waals surface area contributed by atoms with Crippen molar-refractivity contribution < 1.29 is 4.79 Å². The Labute approximate surface area is 124 Å². The number of thiazole rings is 1. The molecule has 0 N–H and O–H groups in total. The largest absolute Gasteiger partial charge is 0.328 e. The molecule has 0 bridgehead atoms. The Morgan fingerprint density at radius 1 is 1.60 bits per heavy atom. The van der Waals surface area contributed by atoms with Crippen LogP contribution in [0, 0.1) is 0 Å². The third-order valence-corrected chi connectivity index (χ3v) is 3.74. The van der Waals surface area contributed by atoms with Crippen LogP contribution in [-0.4, -0.2) is 27.9 Å². The molecule has 0 saturated heterocycles. The van der Waals surface area contributed by atoms with Gasteiger partial charge in [-0.3, -0.25) is 4.90 Å². The van der Waals surface area contributed by atoms with Crippen LogP contribution in [0.5, 0.6) is 0 Å². The summed E-state index contributed by atoms with van der Waals surface area (Å²) in [6.45, 7) is 10.1. The number of amides is 2. The number of hydrogen-bond acceptors (Lipinski definition) is 3. The summed E-state index contributed by atoms with van der Waals surface area (Å²) in [6, 6.07) is -0.140. The second-order valence-electron chi connectivity index (χ2n) is 4.69. The van der Waals surface area contributed by atoms with Crippen LogP contribution in [0.15, 0.2) is 36.2 Å². The maximum atomic E-state index is 12.2. The van der Waals surface area contributed by atoms with Gasteiger partial charge in [-0.2, -0.15) is 0 Å². The Bertz CT molecular complexity index is 527. The molecule has 2 amide bonds. The van der Waals surface area contributed by atoms with Gasteiger partial charge in [0.1, 0.15) is 0 Å². The van der Waals surface area contributed by atoms with Crippen molar-refractivity contribution in [1.82, 2.24) is 14.8 Å². The van der Waals surface area contributed by atoms with Gasteiger partial charge in [-0.1, -0.05) is 26.5 Å². The summed E-state index contributed by atoms with van der Waals surface area (Å²) in [5.74, 6) is 0.415. The lowest BCUT2D eigenvalue weighted by atomic mass is 10.2. The Hall–Kier alpha value is -1.84. The van der Waals surface area contributed by atoms with Gasteiger partial charge in [-0.25, -0.2) is 9.78 Å². The summed E-state index contributed by atoms with van der Waals surface area (Å²) in [6.07, 6.45) is 4.98. The minimum Gasteiger partial charge on any atom is -0.321 e. The molecular weight excluding hydrogens is 270 g/mol. The molecule has 0 aromatic carbocycles. The fraction of sp³-hybridized carbons (Fsp3) is 0.400. The van der Waals surface area contributed by atoms with Gasteiger partial charge in [0.15, 0.2) is 0 Å². The second kappa shape index (κ2) is 7.68. The van der Waals surface area contributed by atoms with E-state index < -0.39 is 0 Å². The van der Waals surface area contributed by atoms with E-state index in [0.29, 0.717) is 12.5 Å². The van der Waals surface area contributed by atoms with Crippen molar-refractivity contribution in [3.05, 3.63) is 46.9 Å². The molecule has 0 radical (unpaired) electrons. The first kappa shape index (κ1) is 16.2. The van der Waals surface area contributed by atoms with Crippen LogP contribution in [0.2, 0.25) is 0 Å². The normalized spacial score (nSPS) is 10.7. The molecule has 0 aliphatic rings. The van der Waals surface area contributed by atoms with Crippen molar-refractivity contribution in [2.75, 3.05) is 7.05 Å². The maximum Gasteiger partial charge on any atom is 0.328 e. The van der Waals surface area contributed by atoms with E-state index in [-0.39, 0.29) is 6.03 Å². The molecule has 0 spiro atoms. The summed E-state index contributed by atoms with van der Waals surface area (Å²) < 4.78 is 0. The minimum atomic E-state index is -0.140. The van der Waals surface area contributed by atoms with E-state index in [9.17, 15) is 4.79 Å². The zero-order valence-electron chi connectivity index (χ0n) is 12.5. The van der Waals surface area contributed by atoms with Crippen molar-refractivity contribution in [1.29, 1.82) is 0 Å². The molecule has 0 atom stereocenters. The molecule has 108 valence electrons. The summed E-state index contributed by atoms with van der Waals surface area (Å²) in [7, 11) is 1.75. The molecule has 5 heteroatoms. The number of rotatable bonds is 5. The SMILES string of the molecule is C=C=CN(/C=C\C)C(=O)N(C)Cc1csc(C(C)C)n1. The van der Waals surface area contributed by atoms with Crippen molar-refractivity contribution in [3.8, 4) is 0 Å². The van der Waals surface area contributed by atoms with E-state index in [4.69, 9.17) is 0 Å². The highest BCUT2D eigenvalue weighted by atomic mass is 32.1. The molecule has 0 fully saturated rings. The highest BCUT2D eigenvalue weighted by molar-refractivity contribution is 7.09. The molecule has 20 heavy (non-hydrogen) atoms. The lowest BCUT2D eigenvalue weighted by Gasteiger charge is -2.21. The smallest absolute Gasteiger partial charge is 0.321 e. The van der Waals surface area contributed by atoms with Crippen LogP contribution >= 0.6 is 11.3 Å². The van der Waals surface area contributed by atoms with E-state index in [1.54, 1.807) is 35.6 Å². The minimum absolute atomic E-state index is 0.140. The van der Waals surface area contributed by atoms with Gasteiger partial charge in [0.05, 0.1) is 23.4 Å². The fourth-order valence-corrected chi connectivity index (χ4v) is 2.42. The van der Waals surface area contributed by atoms with Crippen LogP contribution in [0.3, 0.4) is 0 Å². The van der Waals surface area contributed by atoms with E-state index in [1.165, 1.54) is 11.1 Å². The third kappa shape index (κ3) is 4.37. The van der Waals surface area contributed by atoms with Crippen molar-refractivity contribution >= 4 is 17.4 Å². The zero-order chi connectivity index (χ0) is 15.1. The van der Waals surface area contributed by atoms with Crippen molar-refractivity contribution in [3.63, 3.8) is 0 Å². The quantitative estimate of drug-likeness (QED) is 0.770. The molecule has 0 aliphatic carbocycles. The highest BCUT2D eigenvalue weighted by Crippen LogP contribution is 2.20. The lowest BCUT2D eigenvalue weighted by molar-refractivity contribution is 0.189. The van der Waals surface area contributed by atoms with Gasteiger partial charge in [-0.15, -0.1) is 17.1 Å². The van der Waals surface area contributed by atoms with Crippen LogP contribution < -0.4 is 0 Å². The fourth-order valence-electron chi connectivity index (χ4n) is 1.59. The Balaban J connectivity index is 2.75. The summed E-state index contributed by atoms with van der Waals surface area (Å²) in [5, 5.41) is 3.10. The van der Waals surface area contributed by atoms with E-state index >= 15 is 0 Å². The number of hydrogen-bond donors (Lipinski definition) is 0. The predicted octanol–water partition coefficient (Wildman–Crippen LogP) is 3.95. The number of aromatic nitrogens is 1. The van der Waals surface area contributed by atoms with Gasteiger partial charge in [0, 0.05) is 24.5 Å². The summed E-state index contributed by atoms with van der Waals surface area (Å²) in [4.78, 5) is 19.8. The summed E-state index contributed by atoms with van der Waals surface area (Å²) in [5.41, 5.74) is 3.52. The molecular formula is C15H21N3OS. The molecule has 0 unspecified atom stereocenters. The Kier molecular flexibility index (Phi) is 6.22. The zero-order valence-corrected chi connectivity index (χ0v) is 13.3. The van der Waals surface area contributed by atoms with E-state index in [1.807, 2.05) is 12.3 Å². The average molecular weight is 291 g/mol. The van der Waals surface area contributed by atoms with Gasteiger partial charge >= 0.3 is 6.03 Å². The average Bonchev–Trinajstić information content (AvgIpc) is 2.86. The molecule has 1 heterocycles. The monoisotopic (exact) mass is 291 g/mol. The number of urea groups is 1. The van der Waals surface area contributed by atoms with E-state index in [2.05, 4.69) is 31.1 Å². The Morgan fingerprint density at radius 3 is 2.80 bits per heavy atom. The molecule has 4 nitrogen and oxygen atoms in total. The van der Waals surface area contributed by atoms with Crippen LogP contribution in [0.4, 0.5) is 4.79 Å². The van der Waals surface area contributed by atoms with Gasteiger partial charge in [-0.05, 0) is 6.92 Å². The van der Waals surface area contributed by atoms with Crippen molar-refractivity contribution in [2.45, 2.75) is 33.2 Å².